The van der Waals surface area contributed by atoms with Gasteiger partial charge in [0.1, 0.15) is 6.61 Å². The Kier molecular flexibility index (Phi) is 6.59. The molecule has 1 saturated heterocycles. The second-order valence-electron chi connectivity index (χ2n) is 6.93. The zero-order valence-corrected chi connectivity index (χ0v) is 18.4. The van der Waals surface area contributed by atoms with Gasteiger partial charge in [-0.3, -0.25) is 9.69 Å². The molecule has 1 aromatic carbocycles. The number of hydrogen-bond acceptors (Lipinski definition) is 5. The zero-order chi connectivity index (χ0) is 20.1. The predicted molar refractivity (Wildman–Crippen MR) is 118 cm³/mol. The summed E-state index contributed by atoms with van der Waals surface area (Å²) in [6.07, 6.45) is 1.64. The number of amides is 1. The van der Waals surface area contributed by atoms with E-state index in [1.807, 2.05) is 35.2 Å². The van der Waals surface area contributed by atoms with Crippen LogP contribution in [-0.2, 0) is 13.2 Å². The molecule has 0 spiro atoms. The largest absolute Gasteiger partial charge is 0.473 e. The summed E-state index contributed by atoms with van der Waals surface area (Å²) in [4.78, 5) is 22.8. The number of carbonyl (C=O) groups is 1. The third kappa shape index (κ3) is 5.44. The van der Waals surface area contributed by atoms with Crippen LogP contribution in [0.3, 0.4) is 0 Å². The van der Waals surface area contributed by atoms with Crippen LogP contribution < -0.4 is 4.74 Å². The molecule has 1 aliphatic rings. The van der Waals surface area contributed by atoms with E-state index >= 15 is 0 Å². The molecule has 0 unspecified atom stereocenters. The van der Waals surface area contributed by atoms with E-state index in [4.69, 9.17) is 4.74 Å². The Morgan fingerprint density at radius 2 is 1.86 bits per heavy atom. The highest BCUT2D eigenvalue weighted by Crippen LogP contribution is 2.24. The first-order chi connectivity index (χ1) is 14.2. The molecule has 0 saturated carbocycles. The number of thiophene rings is 1. The normalized spacial score (nSPS) is 14.7. The summed E-state index contributed by atoms with van der Waals surface area (Å²) in [6, 6.07) is 17.7. The third-order valence-corrected chi connectivity index (χ3v) is 6.49. The lowest BCUT2D eigenvalue weighted by Gasteiger charge is -2.34. The molecule has 5 nitrogen and oxygen atoms in total. The number of aromatic nitrogens is 1. The van der Waals surface area contributed by atoms with Crippen molar-refractivity contribution in [1.29, 1.82) is 0 Å². The van der Waals surface area contributed by atoms with Crippen LogP contribution in [0.2, 0.25) is 0 Å². The molecule has 0 atom stereocenters. The number of piperazine rings is 1. The van der Waals surface area contributed by atoms with E-state index in [1.165, 1.54) is 4.88 Å². The predicted octanol–water partition coefficient (Wildman–Crippen LogP) is 4.44. The summed E-state index contributed by atoms with van der Waals surface area (Å²) in [5.41, 5.74) is 1.69. The number of hydrogen-bond donors (Lipinski definition) is 0. The van der Waals surface area contributed by atoms with Crippen molar-refractivity contribution < 1.29 is 9.53 Å². The summed E-state index contributed by atoms with van der Waals surface area (Å²) in [6.45, 7) is 4.59. The van der Waals surface area contributed by atoms with Gasteiger partial charge in [-0.05, 0) is 39.7 Å². The fraction of sp³-hybridized carbons (Fsp3) is 0.273. The van der Waals surface area contributed by atoms with E-state index in [0.29, 0.717) is 18.1 Å². The number of pyridine rings is 1. The minimum atomic E-state index is 0.0375. The van der Waals surface area contributed by atoms with Crippen LogP contribution in [-0.4, -0.2) is 46.9 Å². The Labute approximate surface area is 183 Å². The minimum absolute atomic E-state index is 0.0375. The number of nitrogens with zero attached hydrogens (tertiary/aromatic N) is 3. The quantitative estimate of drug-likeness (QED) is 0.532. The third-order valence-electron chi connectivity index (χ3n) is 4.88. The van der Waals surface area contributed by atoms with Gasteiger partial charge in [0.15, 0.2) is 0 Å². The first kappa shape index (κ1) is 20.1. The fourth-order valence-electron chi connectivity index (χ4n) is 3.30. The molecule has 0 N–H and O–H groups in total. The molecule has 3 aromatic rings. The van der Waals surface area contributed by atoms with Crippen molar-refractivity contribution in [2.24, 2.45) is 0 Å². The molecule has 0 radical (unpaired) electrons. The average Bonchev–Trinajstić information content (AvgIpc) is 3.18. The van der Waals surface area contributed by atoms with Crippen LogP contribution in [0.1, 0.15) is 20.8 Å². The Balaban J connectivity index is 1.31. The second-order valence-corrected chi connectivity index (χ2v) is 9.48. The molecule has 7 heteroatoms. The molecule has 150 valence electrons. The van der Waals surface area contributed by atoms with E-state index in [9.17, 15) is 4.79 Å². The van der Waals surface area contributed by atoms with Gasteiger partial charge in [0.2, 0.25) is 5.88 Å². The van der Waals surface area contributed by atoms with Crippen LogP contribution in [0.5, 0.6) is 5.88 Å². The second kappa shape index (κ2) is 9.52. The summed E-state index contributed by atoms with van der Waals surface area (Å²) in [7, 11) is 0. The molecule has 29 heavy (non-hydrogen) atoms. The molecule has 2 aromatic heterocycles. The van der Waals surface area contributed by atoms with Crippen molar-refractivity contribution in [1.82, 2.24) is 14.8 Å². The van der Waals surface area contributed by atoms with E-state index in [-0.39, 0.29) is 5.91 Å². The lowest BCUT2D eigenvalue weighted by molar-refractivity contribution is 0.0629. The van der Waals surface area contributed by atoms with Crippen LogP contribution in [0.4, 0.5) is 0 Å². The smallest absolute Gasteiger partial charge is 0.254 e. The van der Waals surface area contributed by atoms with Gasteiger partial charge in [0.05, 0.1) is 3.79 Å². The topological polar surface area (TPSA) is 45.7 Å². The lowest BCUT2D eigenvalue weighted by atomic mass is 10.2. The van der Waals surface area contributed by atoms with E-state index in [0.717, 1.165) is 42.1 Å². The fourth-order valence-corrected chi connectivity index (χ4v) is 4.83. The number of halogens is 1. The zero-order valence-electron chi connectivity index (χ0n) is 16.0. The minimum Gasteiger partial charge on any atom is -0.473 e. The molecule has 0 bridgehead atoms. The van der Waals surface area contributed by atoms with Gasteiger partial charge in [-0.25, -0.2) is 4.98 Å². The Hall–Kier alpha value is -2.22. The van der Waals surface area contributed by atoms with Crippen molar-refractivity contribution >= 4 is 33.2 Å². The average molecular weight is 472 g/mol. The van der Waals surface area contributed by atoms with E-state index in [2.05, 4.69) is 37.9 Å². The molecule has 1 aliphatic heterocycles. The van der Waals surface area contributed by atoms with Crippen LogP contribution in [0.15, 0.2) is 64.6 Å². The highest BCUT2D eigenvalue weighted by atomic mass is 79.9. The molecule has 4 rings (SSSR count). The first-order valence-electron chi connectivity index (χ1n) is 9.56. The maximum absolute atomic E-state index is 12.9. The molecule has 0 aliphatic carbocycles. The van der Waals surface area contributed by atoms with Gasteiger partial charge in [-0.15, -0.1) is 11.3 Å². The van der Waals surface area contributed by atoms with Gasteiger partial charge in [0.25, 0.3) is 5.91 Å². The Bertz CT molecular complexity index is 955. The Morgan fingerprint density at radius 1 is 1.07 bits per heavy atom. The molecule has 3 heterocycles. The van der Waals surface area contributed by atoms with Crippen molar-refractivity contribution in [3.8, 4) is 5.88 Å². The Morgan fingerprint density at radius 3 is 2.59 bits per heavy atom. The number of ether oxygens (including phenoxy) is 1. The van der Waals surface area contributed by atoms with Gasteiger partial charge in [-0.1, -0.05) is 30.3 Å². The van der Waals surface area contributed by atoms with Crippen molar-refractivity contribution in [2.75, 3.05) is 26.2 Å². The monoisotopic (exact) mass is 471 g/mol. The highest BCUT2D eigenvalue weighted by Gasteiger charge is 2.23. The number of rotatable bonds is 6. The molecule has 1 fully saturated rings. The number of benzene rings is 1. The van der Waals surface area contributed by atoms with Gasteiger partial charge in [-0.2, -0.15) is 0 Å². The van der Waals surface area contributed by atoms with E-state index < -0.39 is 0 Å². The van der Waals surface area contributed by atoms with Crippen molar-refractivity contribution in [3.05, 3.63) is 80.6 Å². The molecular weight excluding hydrogens is 450 g/mol. The summed E-state index contributed by atoms with van der Waals surface area (Å²) >= 11 is 5.28. The van der Waals surface area contributed by atoms with Gasteiger partial charge >= 0.3 is 0 Å². The van der Waals surface area contributed by atoms with Gasteiger partial charge in [0, 0.05) is 55.4 Å². The SMILES string of the molecule is O=C(c1ccnc(OCc2ccccc2)c1)N1CCN(Cc2ccc(Br)s2)CC1. The summed E-state index contributed by atoms with van der Waals surface area (Å²) < 4.78 is 6.92. The van der Waals surface area contributed by atoms with Crippen molar-refractivity contribution in [2.45, 2.75) is 13.2 Å². The molecule has 1 amide bonds. The van der Waals surface area contributed by atoms with Crippen LogP contribution in [0.25, 0.3) is 0 Å². The van der Waals surface area contributed by atoms with Crippen LogP contribution >= 0.6 is 27.3 Å². The molecular formula is C22H22BrN3O2S. The van der Waals surface area contributed by atoms with E-state index in [1.54, 1.807) is 29.7 Å². The highest BCUT2D eigenvalue weighted by molar-refractivity contribution is 9.11. The first-order valence-corrected chi connectivity index (χ1v) is 11.2. The maximum atomic E-state index is 12.9. The lowest BCUT2D eigenvalue weighted by Crippen LogP contribution is -2.48. The maximum Gasteiger partial charge on any atom is 0.254 e. The van der Waals surface area contributed by atoms with Gasteiger partial charge < -0.3 is 9.64 Å². The summed E-state index contributed by atoms with van der Waals surface area (Å²) in [5.74, 6) is 0.511. The van der Waals surface area contributed by atoms with Crippen LogP contribution in [0, 0.1) is 0 Å². The standard InChI is InChI=1S/C22H22BrN3O2S/c23-20-7-6-19(29-20)15-25-10-12-26(13-11-25)22(27)18-8-9-24-21(14-18)28-16-17-4-2-1-3-5-17/h1-9,14H,10-13,15-16H2. The number of carbonyl (C=O) groups excluding carboxylic acids is 1. The summed E-state index contributed by atoms with van der Waals surface area (Å²) in [5, 5.41) is 0. The van der Waals surface area contributed by atoms with Crippen molar-refractivity contribution in [3.63, 3.8) is 0 Å².